The molecule has 3 heteroatoms. The van der Waals surface area contributed by atoms with E-state index in [0.29, 0.717) is 6.04 Å². The monoisotopic (exact) mass is 254 g/mol. The molecule has 2 fully saturated rings. The molecule has 2 rings (SSSR count). The first-order valence-corrected chi connectivity index (χ1v) is 7.87. The second kappa shape index (κ2) is 7.46. The number of ether oxygens (including phenoxy) is 1. The summed E-state index contributed by atoms with van der Waals surface area (Å²) in [5, 5.41) is 3.68. The van der Waals surface area contributed by atoms with Gasteiger partial charge in [-0.2, -0.15) is 0 Å². The summed E-state index contributed by atoms with van der Waals surface area (Å²) in [5.41, 5.74) is 0. The van der Waals surface area contributed by atoms with Crippen molar-refractivity contribution in [2.75, 3.05) is 39.4 Å². The molecule has 1 N–H and O–H groups in total. The molecule has 0 radical (unpaired) electrons. The summed E-state index contributed by atoms with van der Waals surface area (Å²) in [7, 11) is 0. The second-order valence-electron chi connectivity index (χ2n) is 5.96. The number of nitrogens with zero attached hydrogens (tertiary/aromatic N) is 1. The normalized spacial score (nSPS) is 31.7. The summed E-state index contributed by atoms with van der Waals surface area (Å²) in [4.78, 5) is 2.68. The van der Waals surface area contributed by atoms with Crippen molar-refractivity contribution in [3.05, 3.63) is 0 Å². The topological polar surface area (TPSA) is 24.5 Å². The Labute approximate surface area is 112 Å². The van der Waals surface area contributed by atoms with E-state index in [1.54, 1.807) is 0 Å². The molecule has 0 aliphatic carbocycles. The highest BCUT2D eigenvalue weighted by atomic mass is 16.5. The Morgan fingerprint density at radius 1 is 1.33 bits per heavy atom. The van der Waals surface area contributed by atoms with E-state index < -0.39 is 0 Å². The van der Waals surface area contributed by atoms with Gasteiger partial charge in [0, 0.05) is 31.7 Å². The lowest BCUT2D eigenvalue weighted by Gasteiger charge is -2.36. The standard InChI is InChI=1S/C15H30N2O/c1-3-13-6-5-8-17(10-13)11-15(16-4-2)14-7-9-18-12-14/h13-16H,3-12H2,1-2H3. The maximum Gasteiger partial charge on any atom is 0.0510 e. The molecule has 2 aliphatic rings. The maximum absolute atomic E-state index is 5.56. The molecule has 18 heavy (non-hydrogen) atoms. The van der Waals surface area contributed by atoms with Gasteiger partial charge in [-0.1, -0.05) is 20.3 Å². The molecule has 106 valence electrons. The van der Waals surface area contributed by atoms with Gasteiger partial charge in [-0.3, -0.25) is 0 Å². The minimum absolute atomic E-state index is 0.633. The van der Waals surface area contributed by atoms with Crippen molar-refractivity contribution in [3.63, 3.8) is 0 Å². The van der Waals surface area contributed by atoms with Crippen LogP contribution in [0.15, 0.2) is 0 Å². The van der Waals surface area contributed by atoms with Crippen molar-refractivity contribution < 1.29 is 4.74 Å². The molecule has 2 aliphatic heterocycles. The van der Waals surface area contributed by atoms with Crippen molar-refractivity contribution in [3.8, 4) is 0 Å². The highest BCUT2D eigenvalue weighted by Crippen LogP contribution is 2.22. The zero-order valence-electron chi connectivity index (χ0n) is 12.2. The molecular formula is C15H30N2O. The Bertz CT molecular complexity index is 229. The van der Waals surface area contributed by atoms with Crippen molar-refractivity contribution in [2.24, 2.45) is 11.8 Å². The van der Waals surface area contributed by atoms with Crippen LogP contribution in [0.1, 0.15) is 39.5 Å². The number of likely N-dealkylation sites (tertiary alicyclic amines) is 1. The first-order chi connectivity index (χ1) is 8.83. The molecule has 0 aromatic rings. The molecule has 3 unspecified atom stereocenters. The van der Waals surface area contributed by atoms with Crippen LogP contribution in [0.3, 0.4) is 0 Å². The predicted octanol–water partition coefficient (Wildman–Crippen LogP) is 2.12. The lowest BCUT2D eigenvalue weighted by molar-refractivity contribution is 0.130. The number of hydrogen-bond donors (Lipinski definition) is 1. The van der Waals surface area contributed by atoms with E-state index in [2.05, 4.69) is 24.1 Å². The van der Waals surface area contributed by atoms with Gasteiger partial charge in [-0.05, 0) is 38.3 Å². The molecule has 3 nitrogen and oxygen atoms in total. The van der Waals surface area contributed by atoms with Crippen LogP contribution >= 0.6 is 0 Å². The molecule has 0 amide bonds. The fourth-order valence-corrected chi connectivity index (χ4v) is 3.44. The zero-order chi connectivity index (χ0) is 12.8. The van der Waals surface area contributed by atoms with Crippen LogP contribution in [0.5, 0.6) is 0 Å². The van der Waals surface area contributed by atoms with Crippen molar-refractivity contribution in [2.45, 2.75) is 45.6 Å². The molecule has 2 saturated heterocycles. The van der Waals surface area contributed by atoms with E-state index in [1.807, 2.05) is 0 Å². The average Bonchev–Trinajstić information content (AvgIpc) is 2.92. The molecule has 0 spiro atoms. The maximum atomic E-state index is 5.56. The number of nitrogens with one attached hydrogen (secondary N) is 1. The highest BCUT2D eigenvalue weighted by Gasteiger charge is 2.28. The average molecular weight is 254 g/mol. The van der Waals surface area contributed by atoms with Gasteiger partial charge < -0.3 is 15.0 Å². The van der Waals surface area contributed by atoms with Gasteiger partial charge in [0.25, 0.3) is 0 Å². The summed E-state index contributed by atoms with van der Waals surface area (Å²) in [6, 6.07) is 0.633. The van der Waals surface area contributed by atoms with E-state index >= 15 is 0 Å². The zero-order valence-corrected chi connectivity index (χ0v) is 12.2. The highest BCUT2D eigenvalue weighted by molar-refractivity contribution is 4.84. The van der Waals surface area contributed by atoms with Gasteiger partial charge in [0.2, 0.25) is 0 Å². The summed E-state index contributed by atoms with van der Waals surface area (Å²) in [6.07, 6.45) is 5.40. The van der Waals surface area contributed by atoms with Crippen LogP contribution in [0, 0.1) is 11.8 Å². The number of piperidine rings is 1. The number of likely N-dealkylation sites (N-methyl/N-ethyl adjacent to an activating group) is 1. The molecule has 0 saturated carbocycles. The smallest absolute Gasteiger partial charge is 0.0510 e. The van der Waals surface area contributed by atoms with Gasteiger partial charge in [0.05, 0.1) is 6.61 Å². The summed E-state index contributed by atoms with van der Waals surface area (Å²) >= 11 is 0. The van der Waals surface area contributed by atoms with Crippen LogP contribution in [0.4, 0.5) is 0 Å². The Balaban J connectivity index is 1.83. The Morgan fingerprint density at radius 2 is 2.22 bits per heavy atom. The first-order valence-electron chi connectivity index (χ1n) is 7.87. The van der Waals surface area contributed by atoms with Gasteiger partial charge in [-0.15, -0.1) is 0 Å². The van der Waals surface area contributed by atoms with Gasteiger partial charge in [0.15, 0.2) is 0 Å². The lowest BCUT2D eigenvalue weighted by Crippen LogP contribution is -2.48. The van der Waals surface area contributed by atoms with Crippen LogP contribution in [0.25, 0.3) is 0 Å². The molecular weight excluding hydrogens is 224 g/mol. The van der Waals surface area contributed by atoms with Crippen LogP contribution in [-0.2, 0) is 4.74 Å². The minimum atomic E-state index is 0.633. The quantitative estimate of drug-likeness (QED) is 0.786. The van der Waals surface area contributed by atoms with E-state index in [0.717, 1.165) is 31.6 Å². The van der Waals surface area contributed by atoms with Crippen molar-refractivity contribution in [1.29, 1.82) is 0 Å². The number of hydrogen-bond acceptors (Lipinski definition) is 3. The first kappa shape index (κ1) is 14.3. The van der Waals surface area contributed by atoms with Crippen LogP contribution < -0.4 is 5.32 Å². The molecule has 0 aromatic heterocycles. The summed E-state index contributed by atoms with van der Waals surface area (Å²) in [6.45, 7) is 11.4. The minimum Gasteiger partial charge on any atom is -0.381 e. The third-order valence-corrected chi connectivity index (χ3v) is 4.64. The Hall–Kier alpha value is -0.120. The third kappa shape index (κ3) is 3.94. The fourth-order valence-electron chi connectivity index (χ4n) is 3.44. The second-order valence-corrected chi connectivity index (χ2v) is 5.96. The Morgan fingerprint density at radius 3 is 2.89 bits per heavy atom. The van der Waals surface area contributed by atoms with E-state index in [-0.39, 0.29) is 0 Å². The van der Waals surface area contributed by atoms with Crippen LogP contribution in [-0.4, -0.2) is 50.3 Å². The van der Waals surface area contributed by atoms with Crippen LogP contribution in [0.2, 0.25) is 0 Å². The number of rotatable bonds is 6. The van der Waals surface area contributed by atoms with Gasteiger partial charge in [0.1, 0.15) is 0 Å². The van der Waals surface area contributed by atoms with E-state index in [9.17, 15) is 0 Å². The Kier molecular flexibility index (Phi) is 5.93. The molecule has 2 heterocycles. The predicted molar refractivity (Wildman–Crippen MR) is 75.8 cm³/mol. The summed E-state index contributed by atoms with van der Waals surface area (Å²) < 4.78 is 5.56. The summed E-state index contributed by atoms with van der Waals surface area (Å²) in [5.74, 6) is 1.66. The van der Waals surface area contributed by atoms with Gasteiger partial charge >= 0.3 is 0 Å². The molecule has 0 bridgehead atoms. The molecule has 3 atom stereocenters. The van der Waals surface area contributed by atoms with Crippen molar-refractivity contribution in [1.82, 2.24) is 10.2 Å². The lowest BCUT2D eigenvalue weighted by atomic mass is 9.93. The fraction of sp³-hybridized carbons (Fsp3) is 1.00. The van der Waals surface area contributed by atoms with E-state index in [4.69, 9.17) is 4.74 Å². The van der Waals surface area contributed by atoms with Gasteiger partial charge in [-0.25, -0.2) is 0 Å². The van der Waals surface area contributed by atoms with Crippen molar-refractivity contribution >= 4 is 0 Å². The third-order valence-electron chi connectivity index (χ3n) is 4.64. The van der Waals surface area contributed by atoms with E-state index in [1.165, 1.54) is 45.3 Å². The molecule has 0 aromatic carbocycles. The largest absolute Gasteiger partial charge is 0.381 e. The SMILES string of the molecule is CCNC(CN1CCCC(CC)C1)C1CCOC1.